The first-order valence-corrected chi connectivity index (χ1v) is 11.1. The monoisotopic (exact) mass is 419 g/mol. The maximum atomic E-state index is 13.1. The van der Waals surface area contributed by atoms with Crippen molar-refractivity contribution in [1.29, 1.82) is 0 Å². The highest BCUT2D eigenvalue weighted by atomic mass is 16.2. The van der Waals surface area contributed by atoms with E-state index in [4.69, 9.17) is 0 Å². The van der Waals surface area contributed by atoms with Crippen LogP contribution < -0.4 is 5.32 Å². The number of nitrogens with one attached hydrogen (secondary N) is 1. The van der Waals surface area contributed by atoms with E-state index in [1.165, 1.54) is 16.0 Å². The molecule has 6 nitrogen and oxygen atoms in total. The third kappa shape index (κ3) is 4.95. The van der Waals surface area contributed by atoms with Crippen LogP contribution in [0.25, 0.3) is 0 Å². The van der Waals surface area contributed by atoms with Gasteiger partial charge in [-0.2, -0.15) is 0 Å². The van der Waals surface area contributed by atoms with Crippen LogP contribution in [0.1, 0.15) is 49.1 Å². The summed E-state index contributed by atoms with van der Waals surface area (Å²) in [6.07, 6.45) is 3.90. The highest BCUT2D eigenvalue weighted by molar-refractivity contribution is 6.01. The topological polar surface area (TPSA) is 69.7 Å². The summed E-state index contributed by atoms with van der Waals surface area (Å²) in [6.45, 7) is 1.42. The van der Waals surface area contributed by atoms with E-state index in [-0.39, 0.29) is 36.3 Å². The fourth-order valence-corrected chi connectivity index (χ4v) is 4.79. The molecule has 0 unspecified atom stereocenters. The van der Waals surface area contributed by atoms with E-state index < -0.39 is 0 Å². The van der Waals surface area contributed by atoms with Crippen molar-refractivity contribution >= 4 is 17.8 Å². The molecule has 2 fully saturated rings. The fourth-order valence-electron chi connectivity index (χ4n) is 4.79. The van der Waals surface area contributed by atoms with Gasteiger partial charge in [0, 0.05) is 31.5 Å². The number of nitrogens with zero attached hydrogens (tertiary/aromatic N) is 2. The van der Waals surface area contributed by atoms with Crippen molar-refractivity contribution in [1.82, 2.24) is 15.1 Å². The van der Waals surface area contributed by atoms with Gasteiger partial charge in [-0.1, -0.05) is 60.7 Å². The average molecular weight is 420 g/mol. The molecule has 0 bridgehead atoms. The van der Waals surface area contributed by atoms with E-state index in [0.717, 1.165) is 19.4 Å². The van der Waals surface area contributed by atoms with Gasteiger partial charge in [-0.05, 0) is 36.8 Å². The van der Waals surface area contributed by atoms with Gasteiger partial charge in [0.05, 0.1) is 0 Å². The highest BCUT2D eigenvalue weighted by Crippen LogP contribution is 2.36. The molecule has 2 aromatic carbocycles. The van der Waals surface area contributed by atoms with Gasteiger partial charge in [0.15, 0.2) is 0 Å². The molecule has 0 radical (unpaired) electrons. The summed E-state index contributed by atoms with van der Waals surface area (Å²) in [4.78, 5) is 39.6. The van der Waals surface area contributed by atoms with Crippen LogP contribution in [0.2, 0.25) is 0 Å². The van der Waals surface area contributed by atoms with Crippen LogP contribution in [0.15, 0.2) is 60.7 Å². The lowest BCUT2D eigenvalue weighted by atomic mass is 9.84. The molecule has 0 spiro atoms. The normalized spacial score (nSPS) is 18.7. The lowest BCUT2D eigenvalue weighted by molar-refractivity contribution is -0.132. The second-order valence-corrected chi connectivity index (χ2v) is 8.33. The Morgan fingerprint density at radius 3 is 2.19 bits per heavy atom. The summed E-state index contributed by atoms with van der Waals surface area (Å²) in [5.74, 6) is 0.0864. The molecule has 2 saturated heterocycles. The first-order chi connectivity index (χ1) is 15.1. The second kappa shape index (κ2) is 9.77. The minimum absolute atomic E-state index is 0.122. The molecular formula is C25H29N3O3. The maximum Gasteiger partial charge on any atom is 0.324 e. The predicted molar refractivity (Wildman–Crippen MR) is 118 cm³/mol. The van der Waals surface area contributed by atoms with Gasteiger partial charge in [0.1, 0.15) is 6.54 Å². The van der Waals surface area contributed by atoms with Crippen molar-refractivity contribution in [3.8, 4) is 0 Å². The van der Waals surface area contributed by atoms with Crippen LogP contribution in [0.3, 0.4) is 0 Å². The number of unbranched alkanes of at least 4 members (excludes halogenated alkanes) is 1. The zero-order valence-electron chi connectivity index (χ0n) is 17.7. The number of carbonyl (C=O) groups is 3. The van der Waals surface area contributed by atoms with Gasteiger partial charge in [0.2, 0.25) is 11.8 Å². The number of benzene rings is 2. The number of rotatable bonds is 8. The standard InChI is InChI=1S/C25H29N3O3/c29-22-18-27(25(31)26-22)16-8-7-15-23(30)28-17-9-14-21(28)24(19-10-3-1-4-11-19)20-12-5-2-6-13-20/h1-6,10-13,21,24H,7-9,14-18H2,(H,26,29,31)/t21-/m0/s1. The van der Waals surface area contributed by atoms with E-state index in [9.17, 15) is 14.4 Å². The largest absolute Gasteiger partial charge is 0.339 e. The van der Waals surface area contributed by atoms with Crippen molar-refractivity contribution in [2.75, 3.05) is 19.6 Å². The second-order valence-electron chi connectivity index (χ2n) is 8.33. The molecule has 6 heteroatoms. The van der Waals surface area contributed by atoms with Crippen LogP contribution >= 0.6 is 0 Å². The molecule has 0 saturated carbocycles. The van der Waals surface area contributed by atoms with E-state index in [1.54, 1.807) is 0 Å². The van der Waals surface area contributed by atoms with Crippen molar-refractivity contribution in [2.45, 2.75) is 44.1 Å². The van der Waals surface area contributed by atoms with E-state index in [0.29, 0.717) is 25.8 Å². The van der Waals surface area contributed by atoms with Crippen molar-refractivity contribution in [3.63, 3.8) is 0 Å². The Bertz CT molecular complexity index is 877. The molecular weight excluding hydrogens is 390 g/mol. The Morgan fingerprint density at radius 1 is 0.968 bits per heavy atom. The van der Waals surface area contributed by atoms with E-state index in [1.807, 2.05) is 12.1 Å². The SMILES string of the molecule is O=C1CN(CCCCC(=O)N2CCC[C@H]2C(c2ccccc2)c2ccccc2)C(=O)N1. The maximum absolute atomic E-state index is 13.1. The summed E-state index contributed by atoms with van der Waals surface area (Å²) < 4.78 is 0. The summed E-state index contributed by atoms with van der Waals surface area (Å²) in [5.41, 5.74) is 2.48. The molecule has 31 heavy (non-hydrogen) atoms. The Hall–Kier alpha value is -3.15. The molecule has 2 aromatic rings. The first kappa shape index (κ1) is 21.1. The number of urea groups is 1. The Kier molecular flexibility index (Phi) is 6.65. The number of amides is 4. The van der Waals surface area contributed by atoms with Gasteiger partial charge in [0.25, 0.3) is 0 Å². The minimum Gasteiger partial charge on any atom is -0.339 e. The molecule has 0 aromatic heterocycles. The van der Waals surface area contributed by atoms with Crippen LogP contribution in [0.4, 0.5) is 4.79 Å². The lowest BCUT2D eigenvalue weighted by Gasteiger charge is -2.33. The van der Waals surface area contributed by atoms with Crippen LogP contribution in [-0.4, -0.2) is 53.3 Å². The number of carbonyl (C=O) groups excluding carboxylic acids is 3. The van der Waals surface area contributed by atoms with E-state index >= 15 is 0 Å². The van der Waals surface area contributed by atoms with Crippen LogP contribution in [-0.2, 0) is 9.59 Å². The Morgan fingerprint density at radius 2 is 1.61 bits per heavy atom. The smallest absolute Gasteiger partial charge is 0.324 e. The molecule has 4 rings (SSSR count). The summed E-state index contributed by atoms with van der Waals surface area (Å²) in [5, 5.41) is 2.28. The Labute approximate surface area is 183 Å². The van der Waals surface area contributed by atoms with Crippen LogP contribution in [0.5, 0.6) is 0 Å². The highest BCUT2D eigenvalue weighted by Gasteiger charge is 2.36. The number of imide groups is 1. The van der Waals surface area contributed by atoms with Gasteiger partial charge in [-0.25, -0.2) is 4.79 Å². The molecule has 2 heterocycles. The lowest BCUT2D eigenvalue weighted by Crippen LogP contribution is -2.39. The number of hydrogen-bond donors (Lipinski definition) is 1. The zero-order valence-corrected chi connectivity index (χ0v) is 17.7. The number of likely N-dealkylation sites (tertiary alicyclic amines) is 1. The van der Waals surface area contributed by atoms with E-state index in [2.05, 4.69) is 58.7 Å². The van der Waals surface area contributed by atoms with Crippen LogP contribution in [0, 0.1) is 0 Å². The molecule has 2 aliphatic rings. The summed E-state index contributed by atoms with van der Waals surface area (Å²) in [7, 11) is 0. The quantitative estimate of drug-likeness (QED) is 0.526. The Balaban J connectivity index is 1.40. The zero-order chi connectivity index (χ0) is 21.6. The summed E-state index contributed by atoms with van der Waals surface area (Å²) >= 11 is 0. The third-order valence-corrected chi connectivity index (χ3v) is 6.26. The molecule has 1 N–H and O–H groups in total. The first-order valence-electron chi connectivity index (χ1n) is 11.1. The van der Waals surface area contributed by atoms with Crippen molar-refractivity contribution in [2.24, 2.45) is 0 Å². The summed E-state index contributed by atoms with van der Waals surface area (Å²) in [6, 6.07) is 20.7. The fraction of sp³-hybridized carbons (Fsp3) is 0.400. The van der Waals surface area contributed by atoms with Gasteiger partial charge >= 0.3 is 6.03 Å². The number of hydrogen-bond acceptors (Lipinski definition) is 3. The molecule has 162 valence electrons. The van der Waals surface area contributed by atoms with Gasteiger partial charge in [-0.15, -0.1) is 0 Å². The molecule has 4 amide bonds. The molecule has 2 aliphatic heterocycles. The van der Waals surface area contributed by atoms with Gasteiger partial charge < -0.3 is 9.80 Å². The van der Waals surface area contributed by atoms with Crippen molar-refractivity contribution < 1.29 is 14.4 Å². The van der Waals surface area contributed by atoms with Gasteiger partial charge in [-0.3, -0.25) is 14.9 Å². The minimum atomic E-state index is -0.329. The van der Waals surface area contributed by atoms with Crippen molar-refractivity contribution in [3.05, 3.63) is 71.8 Å². The molecule has 0 aliphatic carbocycles. The average Bonchev–Trinajstić information content (AvgIpc) is 3.39. The predicted octanol–water partition coefficient (Wildman–Crippen LogP) is 3.53. The third-order valence-electron chi connectivity index (χ3n) is 6.26. The molecule has 1 atom stereocenters.